The van der Waals surface area contributed by atoms with Gasteiger partial charge in [0.2, 0.25) is 5.13 Å². The van der Waals surface area contributed by atoms with Crippen molar-refractivity contribution in [3.05, 3.63) is 44.4 Å². The Kier molecular flexibility index (Phi) is 5.75. The maximum absolute atomic E-state index is 12.2. The van der Waals surface area contributed by atoms with Crippen LogP contribution in [0.3, 0.4) is 0 Å². The number of nitrogens with zero attached hydrogens (tertiary/aromatic N) is 3. The zero-order chi connectivity index (χ0) is 16.8. The molecule has 0 bridgehead atoms. The predicted molar refractivity (Wildman–Crippen MR) is 88.9 cm³/mol. The topological polar surface area (TPSA) is 98.0 Å². The van der Waals surface area contributed by atoms with E-state index in [0.29, 0.717) is 10.7 Å². The standard InChI is InChI=1S/C15H18N4O3S/c1-3-4-5-6-13-17-18-15(23-13)16-14(20)11-8-7-10(2)12(9-11)19(21)22/h7-9H,3-6H2,1-2H3,(H,16,18,20). The molecule has 1 aromatic carbocycles. The number of aryl methyl sites for hydroxylation is 2. The molecule has 0 spiro atoms. The number of amides is 1. The Hall–Kier alpha value is -2.35. The number of nitro benzene ring substituents is 1. The molecule has 8 heteroatoms. The maximum Gasteiger partial charge on any atom is 0.273 e. The smallest absolute Gasteiger partial charge is 0.273 e. The van der Waals surface area contributed by atoms with Gasteiger partial charge < -0.3 is 0 Å². The summed E-state index contributed by atoms with van der Waals surface area (Å²) in [4.78, 5) is 22.6. The van der Waals surface area contributed by atoms with Crippen LogP contribution >= 0.6 is 11.3 Å². The van der Waals surface area contributed by atoms with Crippen molar-refractivity contribution in [1.29, 1.82) is 0 Å². The number of carbonyl (C=O) groups is 1. The summed E-state index contributed by atoms with van der Waals surface area (Å²) in [5.74, 6) is -0.427. The lowest BCUT2D eigenvalue weighted by atomic mass is 10.1. The Morgan fingerprint density at radius 3 is 2.83 bits per heavy atom. The van der Waals surface area contributed by atoms with E-state index in [1.54, 1.807) is 19.1 Å². The van der Waals surface area contributed by atoms with E-state index in [-0.39, 0.29) is 11.3 Å². The summed E-state index contributed by atoms with van der Waals surface area (Å²) in [6.45, 7) is 3.76. The monoisotopic (exact) mass is 334 g/mol. The molecule has 7 nitrogen and oxygen atoms in total. The second-order valence-corrected chi connectivity index (χ2v) is 6.23. The van der Waals surface area contributed by atoms with E-state index >= 15 is 0 Å². The molecule has 0 aliphatic rings. The maximum atomic E-state index is 12.2. The SMILES string of the molecule is CCCCCc1nnc(NC(=O)c2ccc(C)c([N+](=O)[O-])c2)s1. The molecule has 1 amide bonds. The number of rotatable bonds is 7. The number of hydrogen-bond acceptors (Lipinski definition) is 6. The Morgan fingerprint density at radius 2 is 2.13 bits per heavy atom. The van der Waals surface area contributed by atoms with Gasteiger partial charge in [0.15, 0.2) is 0 Å². The van der Waals surface area contributed by atoms with Gasteiger partial charge in [-0.1, -0.05) is 37.2 Å². The van der Waals surface area contributed by atoms with Crippen LogP contribution in [0.2, 0.25) is 0 Å². The largest absolute Gasteiger partial charge is 0.296 e. The molecule has 0 aliphatic heterocycles. The molecular formula is C15H18N4O3S. The minimum atomic E-state index is -0.497. The Morgan fingerprint density at radius 1 is 1.35 bits per heavy atom. The highest BCUT2D eigenvalue weighted by atomic mass is 32.1. The van der Waals surface area contributed by atoms with Crippen molar-refractivity contribution in [2.45, 2.75) is 39.5 Å². The van der Waals surface area contributed by atoms with Crippen molar-refractivity contribution in [3.63, 3.8) is 0 Å². The molecule has 0 saturated carbocycles. The van der Waals surface area contributed by atoms with Gasteiger partial charge >= 0.3 is 0 Å². The third kappa shape index (κ3) is 4.56. The molecular weight excluding hydrogens is 316 g/mol. The lowest BCUT2D eigenvalue weighted by Crippen LogP contribution is -2.12. The van der Waals surface area contributed by atoms with E-state index < -0.39 is 10.8 Å². The first-order chi connectivity index (χ1) is 11.0. The van der Waals surface area contributed by atoms with Crippen LogP contribution in [-0.4, -0.2) is 21.0 Å². The summed E-state index contributed by atoms with van der Waals surface area (Å²) < 4.78 is 0. The Bertz CT molecular complexity index is 714. The van der Waals surface area contributed by atoms with E-state index in [9.17, 15) is 14.9 Å². The summed E-state index contributed by atoms with van der Waals surface area (Å²) >= 11 is 1.33. The van der Waals surface area contributed by atoms with E-state index in [2.05, 4.69) is 22.4 Å². The van der Waals surface area contributed by atoms with Gasteiger partial charge in [0.05, 0.1) is 4.92 Å². The summed E-state index contributed by atoms with van der Waals surface area (Å²) in [6.07, 6.45) is 4.16. The van der Waals surface area contributed by atoms with Gasteiger partial charge in [0.1, 0.15) is 5.01 Å². The average molecular weight is 334 g/mol. The zero-order valence-electron chi connectivity index (χ0n) is 13.0. The third-order valence-electron chi connectivity index (χ3n) is 3.35. The molecule has 23 heavy (non-hydrogen) atoms. The van der Waals surface area contributed by atoms with Crippen LogP contribution in [0.1, 0.15) is 47.1 Å². The summed E-state index contributed by atoms with van der Waals surface area (Å²) in [6, 6.07) is 4.39. The van der Waals surface area contributed by atoms with Gasteiger partial charge in [0, 0.05) is 23.6 Å². The van der Waals surface area contributed by atoms with E-state index in [1.165, 1.54) is 17.4 Å². The fourth-order valence-corrected chi connectivity index (χ4v) is 2.82. The second kappa shape index (κ2) is 7.77. The van der Waals surface area contributed by atoms with Crippen LogP contribution in [0, 0.1) is 17.0 Å². The van der Waals surface area contributed by atoms with Crippen LogP contribution in [0.4, 0.5) is 10.8 Å². The van der Waals surface area contributed by atoms with Crippen molar-refractivity contribution < 1.29 is 9.72 Å². The molecule has 0 atom stereocenters. The van der Waals surface area contributed by atoms with Gasteiger partial charge in [-0.05, 0) is 19.4 Å². The molecule has 1 heterocycles. The van der Waals surface area contributed by atoms with Gasteiger partial charge in [-0.3, -0.25) is 20.2 Å². The first-order valence-electron chi connectivity index (χ1n) is 7.40. The molecule has 2 rings (SSSR count). The highest BCUT2D eigenvalue weighted by molar-refractivity contribution is 7.15. The highest BCUT2D eigenvalue weighted by Gasteiger charge is 2.16. The summed E-state index contributed by atoms with van der Waals surface area (Å²) in [5.41, 5.74) is 0.667. The van der Waals surface area contributed by atoms with Crippen LogP contribution in [0.5, 0.6) is 0 Å². The van der Waals surface area contributed by atoms with Gasteiger partial charge in [0.25, 0.3) is 11.6 Å². The molecule has 0 unspecified atom stereocenters. The number of anilines is 1. The zero-order valence-corrected chi connectivity index (χ0v) is 13.9. The average Bonchev–Trinajstić information content (AvgIpc) is 2.95. The number of aromatic nitrogens is 2. The minimum absolute atomic E-state index is 0.0739. The van der Waals surface area contributed by atoms with Gasteiger partial charge in [-0.2, -0.15) is 0 Å². The van der Waals surface area contributed by atoms with Crippen LogP contribution in [-0.2, 0) is 6.42 Å². The second-order valence-electron chi connectivity index (χ2n) is 5.17. The van der Waals surface area contributed by atoms with Crippen molar-refractivity contribution in [3.8, 4) is 0 Å². The van der Waals surface area contributed by atoms with E-state index in [0.717, 1.165) is 30.7 Å². The molecule has 0 radical (unpaired) electrons. The molecule has 1 N–H and O–H groups in total. The molecule has 2 aromatic rings. The van der Waals surface area contributed by atoms with Gasteiger partial charge in [-0.25, -0.2) is 0 Å². The van der Waals surface area contributed by atoms with Crippen LogP contribution < -0.4 is 5.32 Å². The number of nitrogens with one attached hydrogen (secondary N) is 1. The summed E-state index contributed by atoms with van der Waals surface area (Å²) in [5, 5.41) is 22.8. The van der Waals surface area contributed by atoms with Crippen molar-refractivity contribution in [1.82, 2.24) is 10.2 Å². The van der Waals surface area contributed by atoms with Crippen LogP contribution in [0.25, 0.3) is 0 Å². The van der Waals surface area contributed by atoms with Crippen LogP contribution in [0.15, 0.2) is 18.2 Å². The normalized spacial score (nSPS) is 10.5. The van der Waals surface area contributed by atoms with Gasteiger partial charge in [-0.15, -0.1) is 10.2 Å². The first kappa shape index (κ1) is 17.0. The number of benzene rings is 1. The quantitative estimate of drug-likeness (QED) is 0.472. The van der Waals surface area contributed by atoms with E-state index in [4.69, 9.17) is 0 Å². The molecule has 0 saturated heterocycles. The minimum Gasteiger partial charge on any atom is -0.296 e. The number of carbonyl (C=O) groups excluding carboxylic acids is 1. The fraction of sp³-hybridized carbons (Fsp3) is 0.400. The fourth-order valence-electron chi connectivity index (χ4n) is 2.05. The van der Waals surface area contributed by atoms with Crippen molar-refractivity contribution in [2.75, 3.05) is 5.32 Å². The molecule has 1 aromatic heterocycles. The first-order valence-corrected chi connectivity index (χ1v) is 8.21. The van der Waals surface area contributed by atoms with Crippen molar-refractivity contribution in [2.24, 2.45) is 0 Å². The highest BCUT2D eigenvalue weighted by Crippen LogP contribution is 2.22. The summed E-state index contributed by atoms with van der Waals surface area (Å²) in [7, 11) is 0. The number of nitro groups is 1. The number of hydrogen-bond donors (Lipinski definition) is 1. The Labute approximate surface area is 137 Å². The lowest BCUT2D eigenvalue weighted by Gasteiger charge is -2.02. The third-order valence-corrected chi connectivity index (χ3v) is 4.25. The molecule has 0 aliphatic carbocycles. The number of unbranched alkanes of at least 4 members (excludes halogenated alkanes) is 2. The van der Waals surface area contributed by atoms with E-state index in [1.807, 2.05) is 0 Å². The van der Waals surface area contributed by atoms with Crippen molar-refractivity contribution >= 4 is 28.1 Å². The predicted octanol–water partition coefficient (Wildman–Crippen LogP) is 3.74. The molecule has 0 fully saturated rings. The molecule has 122 valence electrons. The lowest BCUT2D eigenvalue weighted by molar-refractivity contribution is -0.385. The Balaban J connectivity index is 2.04.